The largest absolute Gasteiger partial charge is 0.384 e. The van der Waals surface area contributed by atoms with Gasteiger partial charge in [0.15, 0.2) is 0 Å². The van der Waals surface area contributed by atoms with E-state index in [4.69, 9.17) is 11.1 Å². The SMILES string of the molecule is CS(=O)(=O)CC[CH]Cc1cccc(C(=N)N)c1. The van der Waals surface area contributed by atoms with Crippen LogP contribution >= 0.6 is 0 Å². The number of hydrogen-bond donors (Lipinski definition) is 2. The van der Waals surface area contributed by atoms with Crippen molar-refractivity contribution in [3.63, 3.8) is 0 Å². The Balaban J connectivity index is 2.47. The van der Waals surface area contributed by atoms with Gasteiger partial charge in [0.05, 0.1) is 5.75 Å². The number of unbranched alkanes of at least 4 members (excludes halogenated alkanes) is 1. The van der Waals surface area contributed by atoms with Gasteiger partial charge in [-0.1, -0.05) is 18.2 Å². The molecule has 0 amide bonds. The molecular formula is C12H17N2O2S. The lowest BCUT2D eigenvalue weighted by molar-refractivity contribution is 0.600. The second kappa shape index (κ2) is 5.82. The van der Waals surface area contributed by atoms with E-state index in [0.717, 1.165) is 5.56 Å². The summed E-state index contributed by atoms with van der Waals surface area (Å²) in [6.45, 7) is 0. The topological polar surface area (TPSA) is 84.0 Å². The van der Waals surface area contributed by atoms with Gasteiger partial charge in [0.25, 0.3) is 0 Å². The summed E-state index contributed by atoms with van der Waals surface area (Å²) in [4.78, 5) is 0. The van der Waals surface area contributed by atoms with Crippen LogP contribution in [0.15, 0.2) is 24.3 Å². The highest BCUT2D eigenvalue weighted by molar-refractivity contribution is 7.90. The molecule has 5 heteroatoms. The Hall–Kier alpha value is -1.36. The lowest BCUT2D eigenvalue weighted by atomic mass is 10.1. The van der Waals surface area contributed by atoms with E-state index in [1.807, 2.05) is 24.6 Å². The summed E-state index contributed by atoms with van der Waals surface area (Å²) >= 11 is 0. The third-order valence-electron chi connectivity index (χ3n) is 2.31. The van der Waals surface area contributed by atoms with Gasteiger partial charge < -0.3 is 5.73 Å². The minimum absolute atomic E-state index is 0.0444. The van der Waals surface area contributed by atoms with Crippen LogP contribution in [0.2, 0.25) is 0 Å². The molecule has 17 heavy (non-hydrogen) atoms. The van der Waals surface area contributed by atoms with Crippen molar-refractivity contribution in [3.05, 3.63) is 41.8 Å². The van der Waals surface area contributed by atoms with Crippen LogP contribution in [0.5, 0.6) is 0 Å². The normalized spacial score (nSPS) is 11.4. The van der Waals surface area contributed by atoms with Crippen molar-refractivity contribution < 1.29 is 8.42 Å². The van der Waals surface area contributed by atoms with E-state index in [2.05, 4.69) is 0 Å². The predicted octanol–water partition coefficient (Wildman–Crippen LogP) is 1.15. The maximum Gasteiger partial charge on any atom is 0.147 e. The zero-order chi connectivity index (χ0) is 12.9. The average molecular weight is 253 g/mol. The first kappa shape index (κ1) is 13.7. The van der Waals surface area contributed by atoms with Crippen LogP contribution in [0, 0.1) is 11.8 Å². The second-order valence-corrected chi connectivity index (χ2v) is 6.29. The number of nitrogens with one attached hydrogen (secondary N) is 1. The van der Waals surface area contributed by atoms with Gasteiger partial charge in [-0.2, -0.15) is 0 Å². The molecule has 0 unspecified atom stereocenters. The maximum absolute atomic E-state index is 10.9. The van der Waals surface area contributed by atoms with Gasteiger partial charge in [-0.3, -0.25) is 5.41 Å². The Morgan fingerprint density at radius 1 is 1.47 bits per heavy atom. The first-order chi connectivity index (χ1) is 7.88. The molecule has 0 aliphatic heterocycles. The molecule has 0 aliphatic rings. The first-order valence-corrected chi connectivity index (χ1v) is 7.37. The van der Waals surface area contributed by atoms with Crippen molar-refractivity contribution in [2.45, 2.75) is 12.8 Å². The van der Waals surface area contributed by atoms with Crippen LogP contribution in [0.1, 0.15) is 17.5 Å². The van der Waals surface area contributed by atoms with Gasteiger partial charge in [0.2, 0.25) is 0 Å². The van der Waals surface area contributed by atoms with E-state index in [0.29, 0.717) is 18.4 Å². The molecule has 0 aliphatic carbocycles. The third kappa shape index (κ3) is 5.49. The molecule has 0 saturated carbocycles. The van der Waals surface area contributed by atoms with Crippen molar-refractivity contribution >= 4 is 15.7 Å². The average Bonchev–Trinajstić information content (AvgIpc) is 2.23. The highest BCUT2D eigenvalue weighted by Gasteiger charge is 2.03. The Morgan fingerprint density at radius 2 is 2.18 bits per heavy atom. The lowest BCUT2D eigenvalue weighted by Crippen LogP contribution is -2.11. The lowest BCUT2D eigenvalue weighted by Gasteiger charge is -2.03. The smallest absolute Gasteiger partial charge is 0.147 e. The monoisotopic (exact) mass is 253 g/mol. The first-order valence-electron chi connectivity index (χ1n) is 5.31. The second-order valence-electron chi connectivity index (χ2n) is 4.03. The molecule has 0 spiro atoms. The van der Waals surface area contributed by atoms with Crippen LogP contribution in [-0.4, -0.2) is 26.3 Å². The fraction of sp³-hybridized carbons (Fsp3) is 0.333. The van der Waals surface area contributed by atoms with Gasteiger partial charge in [-0.25, -0.2) is 8.42 Å². The number of benzene rings is 1. The molecule has 0 atom stereocenters. The minimum atomic E-state index is -2.89. The summed E-state index contributed by atoms with van der Waals surface area (Å²) in [7, 11) is -2.89. The molecule has 1 aromatic rings. The fourth-order valence-corrected chi connectivity index (χ4v) is 2.03. The van der Waals surface area contributed by atoms with E-state index in [9.17, 15) is 8.42 Å². The zero-order valence-electron chi connectivity index (χ0n) is 9.81. The molecule has 0 saturated heterocycles. The Bertz CT molecular complexity index is 495. The van der Waals surface area contributed by atoms with Crippen molar-refractivity contribution in [2.24, 2.45) is 5.73 Å². The standard InChI is InChI=1S/C12H17N2O2S/c1-17(15,16)8-3-2-5-10-6-4-7-11(9-10)12(13)14/h2,4,6-7,9H,3,5,8H2,1H3,(H3,13,14). The summed E-state index contributed by atoms with van der Waals surface area (Å²) < 4.78 is 21.8. The van der Waals surface area contributed by atoms with Crippen molar-refractivity contribution in [2.75, 3.05) is 12.0 Å². The number of sulfone groups is 1. The molecule has 4 nitrogen and oxygen atoms in total. The van der Waals surface area contributed by atoms with E-state index < -0.39 is 9.84 Å². The Labute approximate surface area is 102 Å². The third-order valence-corrected chi connectivity index (χ3v) is 3.29. The van der Waals surface area contributed by atoms with Crippen molar-refractivity contribution in [3.8, 4) is 0 Å². The molecular weight excluding hydrogens is 236 g/mol. The summed E-state index contributed by atoms with van der Waals surface area (Å²) in [5.41, 5.74) is 7.12. The molecule has 0 aromatic heterocycles. The molecule has 3 N–H and O–H groups in total. The molecule has 1 radical (unpaired) electrons. The number of nitrogens with two attached hydrogens (primary N) is 1. The number of amidine groups is 1. The van der Waals surface area contributed by atoms with Crippen LogP contribution in [0.25, 0.3) is 0 Å². The number of hydrogen-bond acceptors (Lipinski definition) is 3. The van der Waals surface area contributed by atoms with Crippen molar-refractivity contribution in [1.82, 2.24) is 0 Å². The zero-order valence-corrected chi connectivity index (χ0v) is 10.6. The minimum Gasteiger partial charge on any atom is -0.384 e. The molecule has 1 aromatic carbocycles. The predicted molar refractivity (Wildman–Crippen MR) is 69.8 cm³/mol. The highest BCUT2D eigenvalue weighted by Crippen LogP contribution is 2.08. The molecule has 0 fully saturated rings. The van der Waals surface area contributed by atoms with Crippen LogP contribution in [-0.2, 0) is 16.3 Å². The summed E-state index contributed by atoms with van der Waals surface area (Å²) in [5.74, 6) is 0.224. The number of rotatable bonds is 6. The fourth-order valence-electron chi connectivity index (χ4n) is 1.43. The van der Waals surface area contributed by atoms with E-state index in [1.165, 1.54) is 6.26 Å². The maximum atomic E-state index is 10.9. The van der Waals surface area contributed by atoms with E-state index >= 15 is 0 Å². The quantitative estimate of drug-likeness (QED) is 0.453. The molecule has 0 bridgehead atoms. The molecule has 0 heterocycles. The molecule has 93 valence electrons. The van der Waals surface area contributed by atoms with E-state index in [1.54, 1.807) is 6.07 Å². The van der Waals surface area contributed by atoms with Gasteiger partial charge in [0.1, 0.15) is 15.7 Å². The van der Waals surface area contributed by atoms with Crippen molar-refractivity contribution in [1.29, 1.82) is 5.41 Å². The summed E-state index contributed by atoms with van der Waals surface area (Å²) in [5, 5.41) is 7.32. The van der Waals surface area contributed by atoms with Gasteiger partial charge in [-0.05, 0) is 30.9 Å². The van der Waals surface area contributed by atoms with Gasteiger partial charge in [0, 0.05) is 11.8 Å². The Kier molecular flexibility index (Phi) is 4.69. The highest BCUT2D eigenvalue weighted by atomic mass is 32.2. The van der Waals surface area contributed by atoms with Crippen LogP contribution < -0.4 is 5.73 Å². The van der Waals surface area contributed by atoms with Crippen LogP contribution in [0.3, 0.4) is 0 Å². The summed E-state index contributed by atoms with van der Waals surface area (Å²) in [6.07, 6.45) is 4.40. The Morgan fingerprint density at radius 3 is 2.76 bits per heavy atom. The van der Waals surface area contributed by atoms with Gasteiger partial charge >= 0.3 is 0 Å². The van der Waals surface area contributed by atoms with E-state index in [-0.39, 0.29) is 11.6 Å². The summed E-state index contributed by atoms with van der Waals surface area (Å²) in [6, 6.07) is 7.40. The van der Waals surface area contributed by atoms with Crippen LogP contribution in [0.4, 0.5) is 0 Å². The molecule has 1 rings (SSSR count). The number of nitrogen functional groups attached to an aromatic ring is 1. The van der Waals surface area contributed by atoms with Gasteiger partial charge in [-0.15, -0.1) is 0 Å².